The van der Waals surface area contributed by atoms with E-state index in [0.717, 1.165) is 51.4 Å². The summed E-state index contributed by atoms with van der Waals surface area (Å²) in [6, 6.07) is 1.54. The van der Waals surface area contributed by atoms with Crippen molar-refractivity contribution in [1.29, 1.82) is 0 Å². The molecular formula is C30H54N2O4. The molecule has 2 saturated heterocycles. The molecule has 1 aliphatic carbocycles. The molecule has 0 bridgehead atoms. The maximum absolute atomic E-state index is 13.0. The summed E-state index contributed by atoms with van der Waals surface area (Å²) >= 11 is 0. The fourth-order valence-corrected chi connectivity index (χ4v) is 6.28. The lowest BCUT2D eigenvalue weighted by atomic mass is 9.81. The molecule has 0 amide bonds. The lowest BCUT2D eigenvalue weighted by Gasteiger charge is -2.40. The molecule has 0 aromatic heterocycles. The molecule has 0 aromatic rings. The molecule has 36 heavy (non-hydrogen) atoms. The molecule has 0 radical (unpaired) electrons. The van der Waals surface area contributed by atoms with Crippen LogP contribution in [0.15, 0.2) is 0 Å². The van der Waals surface area contributed by atoms with Crippen LogP contribution in [0.2, 0.25) is 0 Å². The van der Waals surface area contributed by atoms with Gasteiger partial charge in [-0.2, -0.15) is 0 Å². The summed E-state index contributed by atoms with van der Waals surface area (Å²) in [4.78, 5) is 26.1. The highest BCUT2D eigenvalue weighted by Gasteiger charge is 2.38. The van der Waals surface area contributed by atoms with Gasteiger partial charge < -0.3 is 20.1 Å². The first-order valence-corrected chi connectivity index (χ1v) is 14.9. The van der Waals surface area contributed by atoms with E-state index in [2.05, 4.69) is 66.0 Å². The number of rotatable bonds is 8. The first kappa shape index (κ1) is 29.4. The van der Waals surface area contributed by atoms with Crippen molar-refractivity contribution >= 4 is 11.9 Å². The van der Waals surface area contributed by atoms with E-state index in [-0.39, 0.29) is 36.0 Å². The molecule has 208 valence electrons. The zero-order chi connectivity index (χ0) is 26.6. The number of carbonyl (C=O) groups excluding carboxylic acids is 2. The summed E-state index contributed by atoms with van der Waals surface area (Å²) in [6.45, 7) is 17.9. The van der Waals surface area contributed by atoms with Gasteiger partial charge >= 0.3 is 11.9 Å². The van der Waals surface area contributed by atoms with Crippen molar-refractivity contribution < 1.29 is 19.1 Å². The summed E-state index contributed by atoms with van der Waals surface area (Å²) in [5, 5.41) is 7.52. The Morgan fingerprint density at radius 2 is 0.778 bits per heavy atom. The second-order valence-electron chi connectivity index (χ2n) is 13.3. The van der Waals surface area contributed by atoms with Crippen LogP contribution in [0.1, 0.15) is 107 Å². The van der Waals surface area contributed by atoms with Crippen molar-refractivity contribution in [3.63, 3.8) is 0 Å². The number of hydrogen-bond donors (Lipinski definition) is 2. The second kappa shape index (κ2) is 13.1. The molecule has 2 N–H and O–H groups in total. The number of nitrogens with one attached hydrogen (secondary N) is 2. The number of ether oxygens (including phenoxy) is 2. The van der Waals surface area contributed by atoms with Gasteiger partial charge in [-0.15, -0.1) is 0 Å². The molecule has 6 nitrogen and oxygen atoms in total. The minimum absolute atomic E-state index is 0.0102. The number of hydrogen-bond acceptors (Lipinski definition) is 6. The van der Waals surface area contributed by atoms with Gasteiger partial charge in [0.1, 0.15) is 12.2 Å². The summed E-state index contributed by atoms with van der Waals surface area (Å²) in [6.07, 6.45) is 6.42. The summed E-state index contributed by atoms with van der Waals surface area (Å²) in [7, 11) is 0. The van der Waals surface area contributed by atoms with Crippen LogP contribution in [-0.4, -0.2) is 48.3 Å². The van der Waals surface area contributed by atoms with E-state index in [4.69, 9.17) is 9.47 Å². The fourth-order valence-electron chi connectivity index (χ4n) is 6.28. The van der Waals surface area contributed by atoms with Gasteiger partial charge in [-0.05, 0) is 49.4 Å². The molecular weight excluding hydrogens is 452 g/mol. The van der Waals surface area contributed by atoms with Gasteiger partial charge in [-0.25, -0.2) is 0 Å². The molecule has 3 rings (SSSR count). The van der Waals surface area contributed by atoms with Crippen LogP contribution in [0.5, 0.6) is 0 Å². The van der Waals surface area contributed by atoms with Crippen LogP contribution in [-0.2, 0) is 19.1 Å². The van der Waals surface area contributed by atoms with Crippen LogP contribution in [0.3, 0.4) is 0 Å². The van der Waals surface area contributed by atoms with E-state index in [9.17, 15) is 9.59 Å². The lowest BCUT2D eigenvalue weighted by Crippen LogP contribution is -2.53. The largest absolute Gasteiger partial charge is 0.462 e. The zero-order valence-corrected chi connectivity index (χ0v) is 24.2. The molecule has 2 heterocycles. The molecule has 2 aliphatic heterocycles. The third kappa shape index (κ3) is 7.93. The minimum atomic E-state index is -0.0894. The van der Waals surface area contributed by atoms with E-state index in [1.54, 1.807) is 0 Å². The first-order valence-electron chi connectivity index (χ1n) is 14.9. The molecule has 0 spiro atoms. The Bertz CT molecular complexity index is 622. The Morgan fingerprint density at radius 3 is 1.00 bits per heavy atom. The summed E-state index contributed by atoms with van der Waals surface area (Å²) < 4.78 is 12.2. The van der Waals surface area contributed by atoms with Gasteiger partial charge in [0.2, 0.25) is 0 Å². The van der Waals surface area contributed by atoms with Gasteiger partial charge in [0, 0.05) is 49.9 Å². The first-order chi connectivity index (χ1) is 16.9. The maximum atomic E-state index is 13.0. The van der Waals surface area contributed by atoms with Crippen LogP contribution in [0.4, 0.5) is 0 Å². The van der Waals surface area contributed by atoms with Crippen molar-refractivity contribution in [3.05, 3.63) is 0 Å². The number of esters is 2. The van der Waals surface area contributed by atoms with Crippen molar-refractivity contribution in [2.24, 2.45) is 35.5 Å². The molecule has 0 aromatic carbocycles. The predicted octanol–water partition coefficient (Wildman–Crippen LogP) is 5.48. The molecule has 4 unspecified atom stereocenters. The fraction of sp³-hybridized carbons (Fsp3) is 0.933. The van der Waals surface area contributed by atoms with Crippen LogP contribution in [0, 0.1) is 35.5 Å². The zero-order valence-electron chi connectivity index (χ0n) is 24.2. The monoisotopic (exact) mass is 506 g/mol. The number of carbonyl (C=O) groups is 2. The maximum Gasteiger partial charge on any atom is 0.309 e. The molecule has 3 aliphatic rings. The summed E-state index contributed by atoms with van der Waals surface area (Å²) in [5.41, 5.74) is 0. The number of piperidine rings is 2. The van der Waals surface area contributed by atoms with Gasteiger partial charge in [0.05, 0.1) is 11.8 Å². The standard InChI is InChI=1S/C30H54N2O4/c1-17(2)25-13-23(14-26(31-25)18(3)4)35-29(33)21-9-11-22(12-10-21)30(34)36-24-15-27(19(5)6)32-28(16-24)20(7)8/h17-28,31-32H,9-16H2,1-8H3. The Labute approximate surface area is 220 Å². The van der Waals surface area contributed by atoms with Crippen molar-refractivity contribution in [3.8, 4) is 0 Å². The quantitative estimate of drug-likeness (QED) is 0.425. The van der Waals surface area contributed by atoms with E-state index in [1.807, 2.05) is 0 Å². The smallest absolute Gasteiger partial charge is 0.309 e. The van der Waals surface area contributed by atoms with Crippen LogP contribution < -0.4 is 10.6 Å². The Balaban J connectivity index is 1.47. The van der Waals surface area contributed by atoms with Crippen LogP contribution in [0.25, 0.3) is 0 Å². The minimum Gasteiger partial charge on any atom is -0.462 e. The predicted molar refractivity (Wildman–Crippen MR) is 144 cm³/mol. The Kier molecular flexibility index (Phi) is 10.7. The van der Waals surface area contributed by atoms with Crippen molar-refractivity contribution in [1.82, 2.24) is 10.6 Å². The third-order valence-electron chi connectivity index (χ3n) is 9.10. The molecule has 3 fully saturated rings. The average Bonchev–Trinajstić information content (AvgIpc) is 2.83. The topological polar surface area (TPSA) is 76.7 Å². The van der Waals surface area contributed by atoms with Gasteiger partial charge in [0.25, 0.3) is 0 Å². The lowest BCUT2D eigenvalue weighted by molar-refractivity contribution is -0.163. The highest BCUT2D eigenvalue weighted by atomic mass is 16.5. The normalized spacial score (nSPS) is 35.9. The van der Waals surface area contributed by atoms with Crippen molar-refractivity contribution in [2.45, 2.75) is 143 Å². The molecule has 6 heteroatoms. The van der Waals surface area contributed by atoms with E-state index >= 15 is 0 Å². The highest BCUT2D eigenvalue weighted by Crippen LogP contribution is 2.34. The summed E-state index contributed by atoms with van der Waals surface area (Å²) in [5.74, 6) is 1.76. The van der Waals surface area contributed by atoms with Crippen LogP contribution >= 0.6 is 0 Å². The Hall–Kier alpha value is -1.14. The van der Waals surface area contributed by atoms with E-state index in [1.165, 1.54) is 0 Å². The van der Waals surface area contributed by atoms with Crippen molar-refractivity contribution in [2.75, 3.05) is 0 Å². The highest BCUT2D eigenvalue weighted by molar-refractivity contribution is 5.75. The van der Waals surface area contributed by atoms with Gasteiger partial charge in [0.15, 0.2) is 0 Å². The average molecular weight is 507 g/mol. The SMILES string of the molecule is CC(C)C1CC(OC(=O)C2CCC(C(=O)OC3CC(C(C)C)NC(C(C)C)C3)CC2)CC(C(C)C)N1. The van der Waals surface area contributed by atoms with Gasteiger partial charge in [-0.3, -0.25) is 9.59 Å². The third-order valence-corrected chi connectivity index (χ3v) is 9.10. The van der Waals surface area contributed by atoms with E-state index < -0.39 is 0 Å². The molecule has 1 saturated carbocycles. The van der Waals surface area contributed by atoms with E-state index in [0.29, 0.717) is 47.8 Å². The molecule has 4 atom stereocenters. The van der Waals surface area contributed by atoms with Gasteiger partial charge in [-0.1, -0.05) is 55.4 Å². The Morgan fingerprint density at radius 1 is 0.528 bits per heavy atom. The second-order valence-corrected chi connectivity index (χ2v) is 13.3.